The Morgan fingerprint density at radius 3 is 1.53 bits per heavy atom. The zero-order valence-electron chi connectivity index (χ0n) is 20.8. The fraction of sp³-hybridized carbons (Fsp3) is 0.0588. The molecule has 0 saturated heterocycles. The molecule has 0 saturated carbocycles. The van der Waals surface area contributed by atoms with Gasteiger partial charge >= 0.3 is 0 Å². The normalized spacial score (nSPS) is 11.4. The van der Waals surface area contributed by atoms with Gasteiger partial charge in [-0.1, -0.05) is 155 Å². The lowest BCUT2D eigenvalue weighted by atomic mass is 9.69. The highest BCUT2D eigenvalue weighted by Crippen LogP contribution is 2.44. The molecule has 184 valence electrons. The minimum Gasteiger partial charge on any atom is -0.261 e. The molecule has 0 atom stereocenters. The molecule has 3 nitrogen and oxygen atoms in total. The smallest absolute Gasteiger partial charge is 0.181 e. The van der Waals surface area contributed by atoms with Crippen LogP contribution in [0, 0.1) is 0 Å². The molecule has 0 radical (unpaired) electrons. The van der Waals surface area contributed by atoms with Gasteiger partial charge in [0.05, 0.1) is 0 Å². The summed E-state index contributed by atoms with van der Waals surface area (Å²) in [4.78, 5) is 5.23. The monoisotopic (exact) mass is 555 g/mol. The average Bonchev–Trinajstić information content (AvgIpc) is 3.50. The first kappa shape index (κ1) is 24.1. The van der Waals surface area contributed by atoms with Crippen molar-refractivity contribution in [3.05, 3.63) is 168 Å². The Labute approximate surface area is 231 Å². The van der Waals surface area contributed by atoms with Gasteiger partial charge in [0.25, 0.3) is 0 Å². The van der Waals surface area contributed by atoms with E-state index >= 15 is 0 Å². The summed E-state index contributed by atoms with van der Waals surface area (Å²) in [7, 11) is 0. The van der Waals surface area contributed by atoms with Crippen molar-refractivity contribution < 1.29 is 0 Å². The maximum atomic E-state index is 5.23. The number of benzene rings is 5. The summed E-state index contributed by atoms with van der Waals surface area (Å²) in [5.74, 6) is 1.45. The Bertz CT molecular complexity index is 1530. The largest absolute Gasteiger partial charge is 0.261 e. The molecule has 0 aliphatic carbocycles. The Balaban J connectivity index is 1.57. The molecular formula is C34H26BrN3. The second-order valence-corrected chi connectivity index (χ2v) is 9.79. The molecule has 1 aromatic heterocycles. The van der Waals surface area contributed by atoms with Gasteiger partial charge in [-0.25, -0.2) is 4.98 Å². The lowest BCUT2D eigenvalue weighted by Crippen LogP contribution is -2.32. The number of H-pyrrole nitrogens is 1. The number of aromatic amines is 1. The highest BCUT2D eigenvalue weighted by atomic mass is 79.9. The second kappa shape index (κ2) is 10.6. The van der Waals surface area contributed by atoms with E-state index in [1.54, 1.807) is 0 Å². The van der Waals surface area contributed by atoms with Crippen molar-refractivity contribution in [2.45, 2.75) is 10.7 Å². The first-order chi connectivity index (χ1) is 18.8. The molecule has 0 amide bonds. The molecule has 0 aliphatic heterocycles. The van der Waals surface area contributed by atoms with Gasteiger partial charge < -0.3 is 0 Å². The molecule has 6 rings (SSSR count). The van der Waals surface area contributed by atoms with Gasteiger partial charge in [-0.2, -0.15) is 5.10 Å². The Morgan fingerprint density at radius 2 is 1.03 bits per heavy atom. The summed E-state index contributed by atoms with van der Waals surface area (Å²) in [5.41, 5.74) is 7.17. The van der Waals surface area contributed by atoms with Gasteiger partial charge in [0.1, 0.15) is 11.2 Å². The lowest BCUT2D eigenvalue weighted by Gasteiger charge is -2.33. The predicted octanol–water partition coefficient (Wildman–Crippen LogP) is 8.42. The lowest BCUT2D eigenvalue weighted by molar-refractivity contribution is 0.684. The molecule has 0 bridgehead atoms. The number of halogens is 1. The number of alkyl halides is 1. The highest BCUT2D eigenvalue weighted by molar-refractivity contribution is 9.08. The van der Waals surface area contributed by atoms with Crippen LogP contribution in [0.4, 0.5) is 0 Å². The molecule has 1 N–H and O–H groups in total. The average molecular weight is 557 g/mol. The molecule has 5 aromatic carbocycles. The fourth-order valence-corrected chi connectivity index (χ4v) is 5.60. The number of nitrogens with one attached hydrogen (secondary N) is 1. The van der Waals surface area contributed by atoms with Crippen LogP contribution in [0.25, 0.3) is 22.5 Å². The Kier molecular flexibility index (Phi) is 6.72. The van der Waals surface area contributed by atoms with Gasteiger partial charge in [-0.05, 0) is 33.4 Å². The van der Waals surface area contributed by atoms with Crippen LogP contribution in [0.2, 0.25) is 0 Å². The standard InChI is InChI=1S/C34H26BrN3/c35-24-25-20-22-26(23-21-25)30-18-10-11-19-31(30)32-36-33(38-37-32)34(27-12-4-1-5-13-27,28-14-6-2-7-15-28)29-16-8-3-9-17-29/h1-23H,24H2,(H,36,37,38). The summed E-state index contributed by atoms with van der Waals surface area (Å²) in [6.07, 6.45) is 0. The maximum Gasteiger partial charge on any atom is 0.181 e. The van der Waals surface area contributed by atoms with Gasteiger partial charge in [0, 0.05) is 10.9 Å². The van der Waals surface area contributed by atoms with Gasteiger partial charge in [0.15, 0.2) is 5.82 Å². The Hall–Kier alpha value is -4.28. The van der Waals surface area contributed by atoms with Crippen molar-refractivity contribution in [3.63, 3.8) is 0 Å². The van der Waals surface area contributed by atoms with E-state index in [2.05, 4.69) is 136 Å². The highest BCUT2D eigenvalue weighted by Gasteiger charge is 2.41. The third-order valence-corrected chi connectivity index (χ3v) is 7.70. The van der Waals surface area contributed by atoms with Gasteiger partial charge in [0.2, 0.25) is 0 Å². The van der Waals surface area contributed by atoms with E-state index in [1.807, 2.05) is 24.3 Å². The molecule has 0 spiro atoms. The van der Waals surface area contributed by atoms with Gasteiger partial charge in [-0.3, -0.25) is 5.10 Å². The van der Waals surface area contributed by atoms with Crippen LogP contribution < -0.4 is 0 Å². The van der Waals surface area contributed by atoms with E-state index in [1.165, 1.54) is 5.56 Å². The predicted molar refractivity (Wildman–Crippen MR) is 158 cm³/mol. The minimum atomic E-state index is -0.665. The number of hydrogen-bond acceptors (Lipinski definition) is 2. The van der Waals surface area contributed by atoms with E-state index in [0.717, 1.165) is 44.5 Å². The zero-order valence-corrected chi connectivity index (χ0v) is 22.3. The molecule has 1 heterocycles. The fourth-order valence-electron chi connectivity index (χ4n) is 5.23. The van der Waals surface area contributed by atoms with Crippen LogP contribution in [-0.2, 0) is 10.7 Å². The first-order valence-electron chi connectivity index (χ1n) is 12.6. The van der Waals surface area contributed by atoms with Crippen LogP contribution >= 0.6 is 15.9 Å². The summed E-state index contributed by atoms with van der Waals surface area (Å²) in [6, 6.07) is 48.6. The van der Waals surface area contributed by atoms with Crippen LogP contribution in [0.3, 0.4) is 0 Å². The third kappa shape index (κ3) is 4.27. The third-order valence-electron chi connectivity index (χ3n) is 7.05. The number of nitrogens with zero attached hydrogens (tertiary/aromatic N) is 2. The van der Waals surface area contributed by atoms with Crippen molar-refractivity contribution in [2.24, 2.45) is 0 Å². The first-order valence-corrected chi connectivity index (χ1v) is 13.8. The van der Waals surface area contributed by atoms with Crippen molar-refractivity contribution in [2.75, 3.05) is 0 Å². The van der Waals surface area contributed by atoms with E-state index in [-0.39, 0.29) is 0 Å². The van der Waals surface area contributed by atoms with Crippen molar-refractivity contribution in [1.82, 2.24) is 15.2 Å². The van der Waals surface area contributed by atoms with Crippen LogP contribution in [0.15, 0.2) is 140 Å². The van der Waals surface area contributed by atoms with E-state index in [0.29, 0.717) is 5.82 Å². The summed E-state index contributed by atoms with van der Waals surface area (Å²) in [6.45, 7) is 0. The van der Waals surface area contributed by atoms with Crippen molar-refractivity contribution in [3.8, 4) is 22.5 Å². The summed E-state index contributed by atoms with van der Waals surface area (Å²) >= 11 is 3.54. The number of hydrogen-bond donors (Lipinski definition) is 1. The van der Waals surface area contributed by atoms with Crippen LogP contribution in [0.1, 0.15) is 28.1 Å². The molecule has 0 unspecified atom stereocenters. The molecular weight excluding hydrogens is 530 g/mol. The molecule has 38 heavy (non-hydrogen) atoms. The van der Waals surface area contributed by atoms with Crippen LogP contribution in [0.5, 0.6) is 0 Å². The zero-order chi connectivity index (χ0) is 25.8. The summed E-state index contributed by atoms with van der Waals surface area (Å²) in [5, 5.41) is 9.01. The van der Waals surface area contributed by atoms with Crippen LogP contribution in [-0.4, -0.2) is 15.2 Å². The minimum absolute atomic E-state index is 0.665. The maximum absolute atomic E-state index is 5.23. The summed E-state index contributed by atoms with van der Waals surface area (Å²) < 4.78 is 0. The van der Waals surface area contributed by atoms with Crippen molar-refractivity contribution >= 4 is 15.9 Å². The SMILES string of the molecule is BrCc1ccc(-c2ccccc2-c2n[nH]c(C(c3ccccc3)(c3ccccc3)c3ccccc3)n2)cc1. The topological polar surface area (TPSA) is 41.6 Å². The van der Waals surface area contributed by atoms with E-state index in [9.17, 15) is 0 Å². The van der Waals surface area contributed by atoms with E-state index < -0.39 is 5.41 Å². The molecule has 4 heteroatoms. The number of rotatable bonds is 7. The molecule has 0 fully saturated rings. The second-order valence-electron chi connectivity index (χ2n) is 9.23. The Morgan fingerprint density at radius 1 is 0.553 bits per heavy atom. The number of aromatic nitrogens is 3. The quantitative estimate of drug-likeness (QED) is 0.158. The van der Waals surface area contributed by atoms with E-state index in [4.69, 9.17) is 10.1 Å². The molecule has 0 aliphatic rings. The van der Waals surface area contributed by atoms with Gasteiger partial charge in [-0.15, -0.1) is 0 Å². The molecule has 6 aromatic rings. The van der Waals surface area contributed by atoms with Crippen molar-refractivity contribution in [1.29, 1.82) is 0 Å².